The summed E-state index contributed by atoms with van der Waals surface area (Å²) in [5.74, 6) is -0.160. The number of nitrogens with one attached hydrogen (secondary N) is 2. The molecule has 0 aromatic heterocycles. The lowest BCUT2D eigenvalue weighted by atomic mass is 9.85. The van der Waals surface area contributed by atoms with Crippen molar-refractivity contribution in [3.63, 3.8) is 0 Å². The number of carbonyl (C=O) groups excluding carboxylic acids is 2. The first-order valence-corrected chi connectivity index (χ1v) is 9.84. The van der Waals surface area contributed by atoms with Crippen molar-refractivity contribution in [1.29, 1.82) is 0 Å². The summed E-state index contributed by atoms with van der Waals surface area (Å²) in [5, 5.41) is 32.2. The van der Waals surface area contributed by atoms with Gasteiger partial charge in [0, 0.05) is 31.3 Å². The normalized spacial score (nSPS) is 11.7. The third kappa shape index (κ3) is 13.2. The molecule has 8 nitrogen and oxygen atoms in total. The molecule has 5 N–H and O–H groups in total. The first kappa shape index (κ1) is 29.5. The van der Waals surface area contributed by atoms with Gasteiger partial charge in [0.15, 0.2) is 0 Å². The molecule has 0 aromatic carbocycles. The van der Waals surface area contributed by atoms with Gasteiger partial charge in [0.2, 0.25) is 11.8 Å². The number of aliphatic hydroxyl groups is 3. The van der Waals surface area contributed by atoms with Crippen molar-refractivity contribution < 1.29 is 29.6 Å². The molecule has 0 aliphatic heterocycles. The van der Waals surface area contributed by atoms with E-state index in [1.165, 1.54) is 7.11 Å². The molecule has 0 aromatic rings. The average molecular weight is 417 g/mol. The van der Waals surface area contributed by atoms with Crippen LogP contribution in [0.1, 0.15) is 46.5 Å². The van der Waals surface area contributed by atoms with Crippen LogP contribution in [0.5, 0.6) is 0 Å². The molecule has 0 rings (SSSR count). The van der Waals surface area contributed by atoms with Crippen LogP contribution in [-0.2, 0) is 14.3 Å². The Kier molecular flexibility index (Phi) is 17.4. The Morgan fingerprint density at radius 3 is 1.41 bits per heavy atom. The Morgan fingerprint density at radius 2 is 1.21 bits per heavy atom. The van der Waals surface area contributed by atoms with E-state index in [4.69, 9.17) is 20.1 Å². The smallest absolute Gasteiger partial charge is 0.246 e. The summed E-state index contributed by atoms with van der Waals surface area (Å²) >= 11 is 0. The Labute approximate surface area is 175 Å². The molecule has 0 bridgehead atoms. The van der Waals surface area contributed by atoms with E-state index in [9.17, 15) is 9.59 Å². The largest absolute Gasteiger partial charge is 0.396 e. The molecule has 0 spiro atoms. The van der Waals surface area contributed by atoms with E-state index in [0.29, 0.717) is 24.2 Å². The summed E-state index contributed by atoms with van der Waals surface area (Å²) in [6.45, 7) is 12.7. The van der Waals surface area contributed by atoms with Gasteiger partial charge in [-0.1, -0.05) is 26.0 Å². The quantitative estimate of drug-likeness (QED) is 0.212. The number of unbranched alkanes of at least 4 members (excludes halogenated alkanes) is 3. The minimum atomic E-state index is -0.922. The van der Waals surface area contributed by atoms with Crippen molar-refractivity contribution in [3.05, 3.63) is 24.3 Å². The van der Waals surface area contributed by atoms with Crippen molar-refractivity contribution in [2.45, 2.75) is 52.6 Å². The van der Waals surface area contributed by atoms with Gasteiger partial charge in [-0.25, -0.2) is 0 Å². The number of hydrogen-bond donors (Lipinski definition) is 5. The monoisotopic (exact) mass is 416 g/mol. The van der Waals surface area contributed by atoms with Gasteiger partial charge in [0.25, 0.3) is 0 Å². The van der Waals surface area contributed by atoms with Gasteiger partial charge in [-0.15, -0.1) is 0 Å². The summed E-state index contributed by atoms with van der Waals surface area (Å²) < 4.78 is 4.91. The second-order valence-corrected chi connectivity index (χ2v) is 7.20. The van der Waals surface area contributed by atoms with Gasteiger partial charge in [-0.05, 0) is 33.6 Å². The number of carbonyl (C=O) groups is 2. The van der Waals surface area contributed by atoms with Gasteiger partial charge in [-0.3, -0.25) is 9.59 Å². The van der Waals surface area contributed by atoms with E-state index in [1.54, 1.807) is 20.8 Å². The van der Waals surface area contributed by atoms with E-state index in [2.05, 4.69) is 23.8 Å². The Bertz CT molecular complexity index is 463. The predicted octanol–water partition coefficient (Wildman–Crippen LogP) is 0.916. The molecule has 29 heavy (non-hydrogen) atoms. The number of ether oxygens (including phenoxy) is 1. The van der Waals surface area contributed by atoms with Crippen LogP contribution < -0.4 is 10.6 Å². The topological polar surface area (TPSA) is 128 Å². The maximum Gasteiger partial charge on any atom is 0.246 e. The van der Waals surface area contributed by atoms with Crippen molar-refractivity contribution >= 4 is 11.8 Å². The summed E-state index contributed by atoms with van der Waals surface area (Å²) in [4.78, 5) is 22.3. The summed E-state index contributed by atoms with van der Waals surface area (Å²) in [6.07, 6.45) is 3.63. The molecule has 0 heterocycles. The van der Waals surface area contributed by atoms with Crippen LogP contribution in [0.25, 0.3) is 0 Å². The number of amides is 2. The van der Waals surface area contributed by atoms with E-state index in [0.717, 1.165) is 25.7 Å². The van der Waals surface area contributed by atoms with Gasteiger partial charge in [-0.2, -0.15) is 0 Å². The Hall–Kier alpha value is -1.74. The zero-order valence-corrected chi connectivity index (χ0v) is 18.4. The van der Waals surface area contributed by atoms with E-state index >= 15 is 0 Å². The fraction of sp³-hybridized carbons (Fsp3) is 0.714. The molecule has 1 atom stereocenters. The second kappa shape index (κ2) is 17.1. The van der Waals surface area contributed by atoms with Crippen LogP contribution in [0.15, 0.2) is 24.3 Å². The highest BCUT2D eigenvalue weighted by atomic mass is 16.5. The zero-order valence-electron chi connectivity index (χ0n) is 18.4. The third-order valence-electron chi connectivity index (χ3n) is 4.61. The molecule has 8 heteroatoms. The van der Waals surface area contributed by atoms with Crippen LogP contribution in [0.4, 0.5) is 0 Å². The number of methoxy groups -OCH3 is 1. The lowest BCUT2D eigenvalue weighted by Gasteiger charge is -2.32. The molecule has 0 saturated heterocycles. The van der Waals surface area contributed by atoms with Crippen LogP contribution in [-0.4, -0.2) is 73.3 Å². The molecule has 170 valence electrons. The molecular formula is C21H40N2O6. The van der Waals surface area contributed by atoms with Crippen LogP contribution >= 0.6 is 0 Å². The fourth-order valence-electron chi connectivity index (χ4n) is 2.09. The maximum absolute atomic E-state index is 11.2. The second-order valence-electron chi connectivity index (χ2n) is 7.20. The standard InChI is InChI=1S/C14H24N2O2.C7H16O4/c1-11(2)13(17)15-9-7-5-6-8-10-16-14(18)12(3)4;1-6(11-2)7(3-8,4-9)5-10/h1,3,5-10H2,2,4H3,(H,15,17)(H,16,18);6,8-10H,3-5H2,1-2H3. The Balaban J connectivity index is 0. The molecule has 0 saturated carbocycles. The summed E-state index contributed by atoms with van der Waals surface area (Å²) in [5.41, 5.74) is 0.157. The first-order valence-electron chi connectivity index (χ1n) is 9.84. The van der Waals surface area contributed by atoms with E-state index in [1.807, 2.05) is 0 Å². The predicted molar refractivity (Wildman–Crippen MR) is 114 cm³/mol. The highest BCUT2D eigenvalue weighted by Crippen LogP contribution is 2.21. The van der Waals surface area contributed by atoms with Crippen LogP contribution in [0.2, 0.25) is 0 Å². The number of rotatable bonds is 14. The minimum absolute atomic E-state index is 0.0799. The first-order chi connectivity index (χ1) is 13.6. The molecular weight excluding hydrogens is 376 g/mol. The van der Waals surface area contributed by atoms with E-state index in [-0.39, 0.29) is 37.7 Å². The molecule has 0 fully saturated rings. The average Bonchev–Trinajstić information content (AvgIpc) is 2.71. The summed E-state index contributed by atoms with van der Waals surface area (Å²) in [6, 6.07) is 0. The van der Waals surface area contributed by atoms with Crippen molar-refractivity contribution in [3.8, 4) is 0 Å². The van der Waals surface area contributed by atoms with Crippen LogP contribution in [0.3, 0.4) is 0 Å². The minimum Gasteiger partial charge on any atom is -0.396 e. The Morgan fingerprint density at radius 1 is 0.862 bits per heavy atom. The van der Waals surface area contributed by atoms with Crippen molar-refractivity contribution in [1.82, 2.24) is 10.6 Å². The van der Waals surface area contributed by atoms with E-state index < -0.39 is 5.41 Å². The summed E-state index contributed by atoms with van der Waals surface area (Å²) in [7, 11) is 1.47. The van der Waals surface area contributed by atoms with Gasteiger partial charge in [0.1, 0.15) is 0 Å². The molecule has 0 aliphatic carbocycles. The number of hydrogen-bond acceptors (Lipinski definition) is 6. The molecule has 1 unspecified atom stereocenters. The third-order valence-corrected chi connectivity index (χ3v) is 4.61. The SMILES string of the molecule is C=C(C)C(=O)NCCCCCCNC(=O)C(=C)C.COC(C)C(CO)(CO)CO. The highest BCUT2D eigenvalue weighted by Gasteiger charge is 2.34. The zero-order chi connectivity index (χ0) is 22.9. The fourth-order valence-corrected chi connectivity index (χ4v) is 2.09. The lowest BCUT2D eigenvalue weighted by Crippen LogP contribution is -2.44. The lowest BCUT2D eigenvalue weighted by molar-refractivity contribution is -0.118. The maximum atomic E-state index is 11.2. The number of aliphatic hydroxyl groups excluding tert-OH is 3. The molecule has 0 radical (unpaired) electrons. The van der Waals surface area contributed by atoms with Crippen molar-refractivity contribution in [2.24, 2.45) is 5.41 Å². The van der Waals surface area contributed by atoms with Crippen molar-refractivity contribution in [2.75, 3.05) is 40.0 Å². The van der Waals surface area contributed by atoms with Gasteiger partial charge < -0.3 is 30.7 Å². The van der Waals surface area contributed by atoms with Gasteiger partial charge in [0.05, 0.1) is 31.3 Å². The highest BCUT2D eigenvalue weighted by molar-refractivity contribution is 5.92. The molecule has 0 aliphatic rings. The molecule has 2 amide bonds. The van der Waals surface area contributed by atoms with Crippen LogP contribution in [0, 0.1) is 5.41 Å². The van der Waals surface area contributed by atoms with Gasteiger partial charge >= 0.3 is 0 Å².